The minimum Gasteiger partial charge on any atom is -0.344 e. The molecule has 0 radical (unpaired) electrons. The molecular weight excluding hydrogens is 184 g/mol. The first-order valence-electron chi connectivity index (χ1n) is 5.07. The first-order valence-corrected chi connectivity index (χ1v) is 5.07. The fraction of sp³-hybridized carbons (Fsp3) is 0.154. The molecule has 74 valence electrons. The van der Waals surface area contributed by atoms with E-state index in [9.17, 15) is 0 Å². The Hall–Kier alpha value is -1.83. The van der Waals surface area contributed by atoms with Crippen molar-refractivity contribution in [2.24, 2.45) is 7.05 Å². The van der Waals surface area contributed by atoms with Crippen LogP contribution >= 0.6 is 0 Å². The molecule has 0 aliphatic heterocycles. The van der Waals surface area contributed by atoms with Gasteiger partial charge in [0, 0.05) is 35.7 Å². The first kappa shape index (κ1) is 8.48. The highest BCUT2D eigenvalue weighted by atomic mass is 14.9. The van der Waals surface area contributed by atoms with E-state index < -0.39 is 0 Å². The smallest absolute Gasteiger partial charge is 0.0519 e. The Bertz CT molecular complexity index is 650. The second-order valence-electron chi connectivity index (χ2n) is 3.92. The molecule has 3 rings (SSSR count). The van der Waals surface area contributed by atoms with Crippen LogP contribution in [-0.4, -0.2) is 9.55 Å². The number of hydrogen-bond acceptors (Lipinski definition) is 1. The minimum absolute atomic E-state index is 1.24. The lowest BCUT2D eigenvalue weighted by Gasteiger charge is -1.97. The van der Waals surface area contributed by atoms with Gasteiger partial charge in [-0.3, -0.25) is 4.98 Å². The second kappa shape index (κ2) is 2.83. The maximum Gasteiger partial charge on any atom is 0.0519 e. The van der Waals surface area contributed by atoms with E-state index in [0.717, 1.165) is 0 Å². The number of rotatable bonds is 0. The fourth-order valence-electron chi connectivity index (χ4n) is 2.28. The van der Waals surface area contributed by atoms with E-state index in [4.69, 9.17) is 0 Å². The summed E-state index contributed by atoms with van der Waals surface area (Å²) in [6, 6.07) is 8.47. The Labute approximate surface area is 88.2 Å². The van der Waals surface area contributed by atoms with E-state index in [1.165, 1.54) is 27.4 Å². The third kappa shape index (κ3) is 1.02. The summed E-state index contributed by atoms with van der Waals surface area (Å²) in [6.07, 6.45) is 3.79. The summed E-state index contributed by atoms with van der Waals surface area (Å²) in [5.74, 6) is 0. The molecule has 0 saturated carbocycles. The molecule has 3 aromatic rings. The summed E-state index contributed by atoms with van der Waals surface area (Å²) < 4.78 is 2.22. The number of hydrogen-bond donors (Lipinski definition) is 0. The van der Waals surface area contributed by atoms with Gasteiger partial charge in [0.15, 0.2) is 0 Å². The highest BCUT2D eigenvalue weighted by molar-refractivity contribution is 6.09. The maximum atomic E-state index is 4.20. The largest absolute Gasteiger partial charge is 0.344 e. The lowest BCUT2D eigenvalue weighted by atomic mass is 10.1. The Kier molecular flexibility index (Phi) is 1.60. The van der Waals surface area contributed by atoms with Crippen molar-refractivity contribution < 1.29 is 0 Å². The summed E-state index contributed by atoms with van der Waals surface area (Å²) in [5.41, 5.74) is 3.83. The molecule has 1 aromatic carbocycles. The van der Waals surface area contributed by atoms with Gasteiger partial charge in [-0.1, -0.05) is 12.1 Å². The first-order chi connectivity index (χ1) is 7.29. The Morgan fingerprint density at radius 2 is 2.00 bits per heavy atom. The molecule has 0 unspecified atom stereocenters. The van der Waals surface area contributed by atoms with Crippen LogP contribution in [0.1, 0.15) is 5.56 Å². The molecule has 0 fully saturated rings. The molecule has 15 heavy (non-hydrogen) atoms. The molecule has 2 heteroatoms. The fourth-order valence-corrected chi connectivity index (χ4v) is 2.28. The molecule has 0 bridgehead atoms. The molecular formula is C13H12N2. The highest BCUT2D eigenvalue weighted by Gasteiger charge is 2.08. The molecule has 2 nitrogen and oxygen atoms in total. The van der Waals surface area contributed by atoms with Gasteiger partial charge in [-0.25, -0.2) is 0 Å². The zero-order valence-corrected chi connectivity index (χ0v) is 8.86. The predicted molar refractivity (Wildman–Crippen MR) is 63.0 cm³/mol. The van der Waals surface area contributed by atoms with Crippen LogP contribution in [-0.2, 0) is 7.05 Å². The van der Waals surface area contributed by atoms with Crippen molar-refractivity contribution in [3.63, 3.8) is 0 Å². The molecule has 0 spiro atoms. The second-order valence-corrected chi connectivity index (χ2v) is 3.92. The lowest BCUT2D eigenvalue weighted by molar-refractivity contribution is 1.01. The Balaban J connectivity index is 2.70. The number of aryl methyl sites for hydroxylation is 2. The summed E-state index contributed by atoms with van der Waals surface area (Å²) >= 11 is 0. The quantitative estimate of drug-likeness (QED) is 0.540. The predicted octanol–water partition coefficient (Wildman–Crippen LogP) is 3.03. The molecule has 2 aromatic heterocycles. The number of fused-ring (bicyclic) bond motifs is 3. The van der Waals surface area contributed by atoms with Gasteiger partial charge in [-0.05, 0) is 24.6 Å². The Morgan fingerprint density at radius 3 is 2.87 bits per heavy atom. The molecule has 0 aliphatic carbocycles. The highest BCUT2D eigenvalue weighted by Crippen LogP contribution is 2.29. The summed E-state index contributed by atoms with van der Waals surface area (Å²) in [4.78, 5) is 4.20. The van der Waals surface area contributed by atoms with Crippen molar-refractivity contribution in [2.75, 3.05) is 0 Å². The van der Waals surface area contributed by atoms with Crippen LogP contribution in [0.4, 0.5) is 0 Å². The molecule has 0 amide bonds. The summed E-state index contributed by atoms with van der Waals surface area (Å²) in [6.45, 7) is 2.15. The molecule has 0 aliphatic rings. The van der Waals surface area contributed by atoms with E-state index in [2.05, 4.69) is 47.8 Å². The van der Waals surface area contributed by atoms with Crippen LogP contribution in [0.5, 0.6) is 0 Å². The third-order valence-electron chi connectivity index (χ3n) is 3.04. The van der Waals surface area contributed by atoms with E-state index in [1.54, 1.807) is 0 Å². The molecule has 0 N–H and O–H groups in total. The SMILES string of the molecule is Cc1cccc2c1c1cnccc1n2C. The van der Waals surface area contributed by atoms with Crippen LogP contribution < -0.4 is 0 Å². The molecule has 0 saturated heterocycles. The van der Waals surface area contributed by atoms with Crippen LogP contribution in [0.3, 0.4) is 0 Å². The van der Waals surface area contributed by atoms with Gasteiger partial charge in [-0.15, -0.1) is 0 Å². The zero-order chi connectivity index (χ0) is 10.4. The average molecular weight is 196 g/mol. The summed E-state index contributed by atoms with van der Waals surface area (Å²) in [5, 5.41) is 2.57. The van der Waals surface area contributed by atoms with Crippen LogP contribution in [0.25, 0.3) is 21.8 Å². The van der Waals surface area contributed by atoms with Crippen LogP contribution in [0.15, 0.2) is 36.7 Å². The lowest BCUT2D eigenvalue weighted by Crippen LogP contribution is -1.85. The standard InChI is InChI=1S/C13H12N2/c1-9-4-3-5-12-13(9)10-8-14-7-6-11(10)15(12)2/h3-8H,1-2H3. The van der Waals surface area contributed by atoms with E-state index in [-0.39, 0.29) is 0 Å². The van der Waals surface area contributed by atoms with E-state index in [1.807, 2.05) is 12.4 Å². The van der Waals surface area contributed by atoms with E-state index in [0.29, 0.717) is 0 Å². The van der Waals surface area contributed by atoms with Crippen molar-refractivity contribution in [3.8, 4) is 0 Å². The van der Waals surface area contributed by atoms with Crippen molar-refractivity contribution in [1.29, 1.82) is 0 Å². The van der Waals surface area contributed by atoms with Gasteiger partial charge in [0.2, 0.25) is 0 Å². The number of benzene rings is 1. The monoisotopic (exact) mass is 196 g/mol. The van der Waals surface area contributed by atoms with Crippen LogP contribution in [0, 0.1) is 6.92 Å². The van der Waals surface area contributed by atoms with E-state index >= 15 is 0 Å². The van der Waals surface area contributed by atoms with Gasteiger partial charge >= 0.3 is 0 Å². The van der Waals surface area contributed by atoms with Gasteiger partial charge in [0.25, 0.3) is 0 Å². The van der Waals surface area contributed by atoms with Gasteiger partial charge in [-0.2, -0.15) is 0 Å². The third-order valence-corrected chi connectivity index (χ3v) is 3.04. The maximum absolute atomic E-state index is 4.20. The van der Waals surface area contributed by atoms with Crippen molar-refractivity contribution in [1.82, 2.24) is 9.55 Å². The van der Waals surface area contributed by atoms with Gasteiger partial charge in [0.05, 0.1) is 5.52 Å². The van der Waals surface area contributed by atoms with Crippen molar-refractivity contribution in [2.45, 2.75) is 6.92 Å². The molecule has 2 heterocycles. The summed E-state index contributed by atoms with van der Waals surface area (Å²) in [7, 11) is 2.10. The zero-order valence-electron chi connectivity index (χ0n) is 8.86. The number of nitrogens with zero attached hydrogens (tertiary/aromatic N) is 2. The van der Waals surface area contributed by atoms with Gasteiger partial charge in [0.1, 0.15) is 0 Å². The Morgan fingerprint density at radius 1 is 1.13 bits per heavy atom. The van der Waals surface area contributed by atoms with Gasteiger partial charge < -0.3 is 4.57 Å². The number of aromatic nitrogens is 2. The van der Waals surface area contributed by atoms with Crippen molar-refractivity contribution >= 4 is 21.8 Å². The number of pyridine rings is 1. The minimum atomic E-state index is 1.24. The van der Waals surface area contributed by atoms with Crippen LogP contribution in [0.2, 0.25) is 0 Å². The molecule has 0 atom stereocenters. The topological polar surface area (TPSA) is 17.8 Å². The normalized spacial score (nSPS) is 11.3. The average Bonchev–Trinajstić information content (AvgIpc) is 2.55. The van der Waals surface area contributed by atoms with Crippen molar-refractivity contribution in [3.05, 3.63) is 42.2 Å².